The number of hydrogen-bond donors (Lipinski definition) is 2. The predicted molar refractivity (Wildman–Crippen MR) is 101 cm³/mol. The summed E-state index contributed by atoms with van der Waals surface area (Å²) in [6.07, 6.45) is 3.87. The first-order chi connectivity index (χ1) is 9.46. The lowest BCUT2D eigenvalue weighted by Gasteiger charge is -2.29. The number of nitrogens with one attached hydrogen (secondary N) is 2. The van der Waals surface area contributed by atoms with E-state index in [1.165, 1.54) is 32.4 Å². The second-order valence-electron chi connectivity index (χ2n) is 6.35. The highest BCUT2D eigenvalue weighted by Gasteiger charge is 2.18. The van der Waals surface area contributed by atoms with Crippen LogP contribution in [-0.4, -0.2) is 63.8 Å². The number of piperidine rings is 1. The molecular formula is C15H33IN4O. The molecular weight excluding hydrogens is 379 g/mol. The molecule has 0 spiro atoms. The zero-order chi connectivity index (χ0) is 15.0. The van der Waals surface area contributed by atoms with Gasteiger partial charge < -0.3 is 20.3 Å². The highest BCUT2D eigenvalue weighted by atomic mass is 127. The van der Waals surface area contributed by atoms with Gasteiger partial charge in [-0.2, -0.15) is 0 Å². The first kappa shape index (κ1) is 20.9. The molecule has 126 valence electrons. The van der Waals surface area contributed by atoms with Crippen molar-refractivity contribution in [1.82, 2.24) is 15.5 Å². The smallest absolute Gasteiger partial charge is 0.191 e. The molecule has 1 heterocycles. The molecule has 0 saturated carbocycles. The van der Waals surface area contributed by atoms with E-state index >= 15 is 0 Å². The number of halogens is 1. The molecule has 1 saturated heterocycles. The lowest BCUT2D eigenvalue weighted by atomic mass is 9.94. The summed E-state index contributed by atoms with van der Waals surface area (Å²) in [5, 5.41) is 6.71. The van der Waals surface area contributed by atoms with Crippen molar-refractivity contribution >= 4 is 29.9 Å². The van der Waals surface area contributed by atoms with Gasteiger partial charge in [-0.15, -0.1) is 24.0 Å². The van der Waals surface area contributed by atoms with Crippen LogP contribution in [0.1, 0.15) is 33.1 Å². The Morgan fingerprint density at radius 1 is 1.29 bits per heavy atom. The van der Waals surface area contributed by atoms with E-state index in [-0.39, 0.29) is 29.6 Å². The molecule has 1 rings (SSSR count). The van der Waals surface area contributed by atoms with Gasteiger partial charge in [-0.05, 0) is 59.2 Å². The third-order valence-corrected chi connectivity index (χ3v) is 4.14. The molecule has 0 unspecified atom stereocenters. The Morgan fingerprint density at radius 2 is 1.90 bits per heavy atom. The first-order valence-corrected chi connectivity index (χ1v) is 7.65. The minimum atomic E-state index is -0.175. The first-order valence-electron chi connectivity index (χ1n) is 7.65. The summed E-state index contributed by atoms with van der Waals surface area (Å²) in [6.45, 7) is 8.33. The average molecular weight is 412 g/mol. The Morgan fingerprint density at radius 3 is 2.43 bits per heavy atom. The Balaban J connectivity index is 0.00000400. The molecule has 0 aromatic rings. The maximum atomic E-state index is 5.39. The van der Waals surface area contributed by atoms with E-state index in [1.54, 1.807) is 7.11 Å². The van der Waals surface area contributed by atoms with Crippen molar-refractivity contribution in [2.75, 3.05) is 47.4 Å². The number of rotatable bonds is 6. The van der Waals surface area contributed by atoms with Crippen LogP contribution in [0, 0.1) is 5.92 Å². The topological polar surface area (TPSA) is 48.9 Å². The van der Waals surface area contributed by atoms with E-state index in [2.05, 4.69) is 41.4 Å². The van der Waals surface area contributed by atoms with E-state index in [0.717, 1.165) is 25.0 Å². The molecule has 6 heteroatoms. The summed E-state index contributed by atoms with van der Waals surface area (Å²) in [4.78, 5) is 6.66. The van der Waals surface area contributed by atoms with Gasteiger partial charge >= 0.3 is 0 Å². The predicted octanol–water partition coefficient (Wildman–Crippen LogP) is 1.93. The monoisotopic (exact) mass is 412 g/mol. The summed E-state index contributed by atoms with van der Waals surface area (Å²) >= 11 is 0. The zero-order valence-electron chi connectivity index (χ0n) is 14.2. The SMILES string of the molecule is CN=C(NCCC1CCN(C)CC1)NCC(C)(C)OC.I. The van der Waals surface area contributed by atoms with Crippen molar-refractivity contribution in [3.05, 3.63) is 0 Å². The molecule has 0 radical (unpaired) electrons. The number of hydrogen-bond acceptors (Lipinski definition) is 3. The largest absolute Gasteiger partial charge is 0.377 e. The molecule has 0 atom stereocenters. The minimum Gasteiger partial charge on any atom is -0.377 e. The van der Waals surface area contributed by atoms with Crippen LogP contribution >= 0.6 is 24.0 Å². The Hall–Kier alpha value is -0.0800. The quantitative estimate of drug-likeness (QED) is 0.398. The molecule has 0 amide bonds. The molecule has 21 heavy (non-hydrogen) atoms. The fraction of sp³-hybridized carbons (Fsp3) is 0.933. The van der Waals surface area contributed by atoms with Crippen LogP contribution < -0.4 is 10.6 Å². The number of nitrogens with zero attached hydrogens (tertiary/aromatic N) is 2. The number of likely N-dealkylation sites (tertiary alicyclic amines) is 1. The third kappa shape index (κ3) is 8.83. The van der Waals surface area contributed by atoms with Crippen LogP contribution in [-0.2, 0) is 4.74 Å². The minimum absolute atomic E-state index is 0. The van der Waals surface area contributed by atoms with Gasteiger partial charge in [0.05, 0.1) is 5.60 Å². The number of methoxy groups -OCH3 is 1. The second kappa shape index (κ2) is 10.6. The molecule has 5 nitrogen and oxygen atoms in total. The van der Waals surface area contributed by atoms with Crippen LogP contribution in [0.3, 0.4) is 0 Å². The van der Waals surface area contributed by atoms with Crippen LogP contribution in [0.5, 0.6) is 0 Å². The van der Waals surface area contributed by atoms with Gasteiger partial charge in [0.2, 0.25) is 0 Å². The summed E-state index contributed by atoms with van der Waals surface area (Å²) in [7, 11) is 5.75. The van der Waals surface area contributed by atoms with Gasteiger partial charge in [0, 0.05) is 27.2 Å². The summed E-state index contributed by atoms with van der Waals surface area (Å²) < 4.78 is 5.39. The van der Waals surface area contributed by atoms with Gasteiger partial charge in [0.15, 0.2) is 5.96 Å². The molecule has 1 fully saturated rings. The van der Waals surface area contributed by atoms with Crippen LogP contribution in [0.4, 0.5) is 0 Å². The molecule has 1 aliphatic heterocycles. The van der Waals surface area contributed by atoms with Gasteiger partial charge in [0.25, 0.3) is 0 Å². The van der Waals surface area contributed by atoms with Crippen LogP contribution in [0.2, 0.25) is 0 Å². The van der Waals surface area contributed by atoms with E-state index < -0.39 is 0 Å². The Labute approximate surface area is 147 Å². The molecule has 2 N–H and O–H groups in total. The molecule has 0 bridgehead atoms. The maximum absolute atomic E-state index is 5.39. The van der Waals surface area contributed by atoms with Crippen molar-refractivity contribution in [1.29, 1.82) is 0 Å². The average Bonchev–Trinajstić information content (AvgIpc) is 2.44. The molecule has 1 aliphatic rings. The van der Waals surface area contributed by atoms with E-state index in [0.29, 0.717) is 0 Å². The summed E-state index contributed by atoms with van der Waals surface area (Å²) in [5.41, 5.74) is -0.175. The van der Waals surface area contributed by atoms with E-state index in [4.69, 9.17) is 4.74 Å². The van der Waals surface area contributed by atoms with Crippen molar-refractivity contribution in [3.8, 4) is 0 Å². The van der Waals surface area contributed by atoms with Crippen molar-refractivity contribution in [2.45, 2.75) is 38.7 Å². The van der Waals surface area contributed by atoms with Crippen LogP contribution in [0.25, 0.3) is 0 Å². The zero-order valence-corrected chi connectivity index (χ0v) is 16.6. The standard InChI is InChI=1S/C15H32N4O.HI/c1-15(2,20-5)12-18-14(16-3)17-9-6-13-7-10-19(4)11-8-13;/h13H,6-12H2,1-5H3,(H2,16,17,18);1H. The number of guanidine groups is 1. The highest BCUT2D eigenvalue weighted by molar-refractivity contribution is 14.0. The third-order valence-electron chi connectivity index (χ3n) is 4.14. The van der Waals surface area contributed by atoms with Crippen LogP contribution in [0.15, 0.2) is 4.99 Å². The summed E-state index contributed by atoms with van der Waals surface area (Å²) in [6, 6.07) is 0. The van der Waals surface area contributed by atoms with Crippen molar-refractivity contribution < 1.29 is 4.74 Å². The highest BCUT2D eigenvalue weighted by Crippen LogP contribution is 2.18. The van der Waals surface area contributed by atoms with Gasteiger partial charge in [-0.1, -0.05) is 0 Å². The lowest BCUT2D eigenvalue weighted by molar-refractivity contribution is 0.0268. The second-order valence-corrected chi connectivity index (χ2v) is 6.35. The summed E-state index contributed by atoms with van der Waals surface area (Å²) in [5.74, 6) is 1.72. The van der Waals surface area contributed by atoms with Gasteiger partial charge in [-0.25, -0.2) is 0 Å². The Kier molecular flexibility index (Phi) is 10.6. The maximum Gasteiger partial charge on any atom is 0.191 e. The lowest BCUT2D eigenvalue weighted by Crippen LogP contribution is -2.45. The fourth-order valence-corrected chi connectivity index (χ4v) is 2.33. The molecule has 0 aromatic carbocycles. The molecule has 0 aromatic heterocycles. The number of ether oxygens (including phenoxy) is 1. The van der Waals surface area contributed by atoms with Crippen molar-refractivity contribution in [3.63, 3.8) is 0 Å². The van der Waals surface area contributed by atoms with E-state index in [1.807, 2.05) is 7.05 Å². The number of aliphatic imine (C=N–C) groups is 1. The normalized spacial score (nSPS) is 18.2. The van der Waals surface area contributed by atoms with E-state index in [9.17, 15) is 0 Å². The van der Waals surface area contributed by atoms with Gasteiger partial charge in [-0.3, -0.25) is 4.99 Å². The Bertz CT molecular complexity index is 302. The van der Waals surface area contributed by atoms with Crippen molar-refractivity contribution in [2.24, 2.45) is 10.9 Å². The fourth-order valence-electron chi connectivity index (χ4n) is 2.33. The van der Waals surface area contributed by atoms with Gasteiger partial charge in [0.1, 0.15) is 0 Å². The molecule has 0 aliphatic carbocycles.